The molecule has 0 aromatic carbocycles. The molecule has 0 aromatic heterocycles. The second-order valence-electron chi connectivity index (χ2n) is 3.40. The standard InChI is InChI=1S/C9H20O7/c1-7(4-14-5-8(12)2-10)16-15-6-9(13)3-11/h7-13H,2-6H2,1H3. The van der Waals surface area contributed by atoms with Gasteiger partial charge in [0.2, 0.25) is 0 Å². The summed E-state index contributed by atoms with van der Waals surface area (Å²) in [6.45, 7) is 1.01. The maximum Gasteiger partial charge on any atom is 0.113 e. The van der Waals surface area contributed by atoms with Crippen molar-refractivity contribution >= 4 is 0 Å². The SMILES string of the molecule is CC(COCC(O)CO)OOCC(O)CO. The highest BCUT2D eigenvalue weighted by Crippen LogP contribution is 1.95. The van der Waals surface area contributed by atoms with Gasteiger partial charge in [0.15, 0.2) is 0 Å². The molecule has 0 bridgehead atoms. The van der Waals surface area contributed by atoms with Crippen LogP contribution in [0.1, 0.15) is 6.92 Å². The lowest BCUT2D eigenvalue weighted by atomic mass is 10.4. The van der Waals surface area contributed by atoms with Crippen molar-refractivity contribution < 1.29 is 34.9 Å². The third kappa shape index (κ3) is 8.98. The second kappa shape index (κ2) is 9.91. The van der Waals surface area contributed by atoms with E-state index in [2.05, 4.69) is 4.89 Å². The predicted octanol–water partition coefficient (Wildman–Crippen LogP) is -1.95. The lowest BCUT2D eigenvalue weighted by Gasteiger charge is -2.14. The van der Waals surface area contributed by atoms with Crippen LogP contribution < -0.4 is 0 Å². The Bertz CT molecular complexity index is 139. The molecule has 0 radical (unpaired) electrons. The summed E-state index contributed by atoms with van der Waals surface area (Å²) in [5, 5.41) is 34.8. The first-order chi connectivity index (χ1) is 7.60. The molecule has 7 nitrogen and oxygen atoms in total. The fourth-order valence-electron chi connectivity index (χ4n) is 0.737. The molecule has 0 heterocycles. The van der Waals surface area contributed by atoms with Gasteiger partial charge in [-0.25, -0.2) is 9.78 Å². The monoisotopic (exact) mass is 240 g/mol. The predicted molar refractivity (Wildman–Crippen MR) is 53.5 cm³/mol. The number of aliphatic hydroxyl groups is 4. The molecule has 7 heteroatoms. The molecule has 0 saturated heterocycles. The van der Waals surface area contributed by atoms with E-state index in [4.69, 9.17) is 30.1 Å². The Hall–Kier alpha value is -0.280. The van der Waals surface area contributed by atoms with E-state index in [1.54, 1.807) is 6.92 Å². The molecule has 3 atom stereocenters. The highest BCUT2D eigenvalue weighted by Gasteiger charge is 2.08. The maximum absolute atomic E-state index is 8.94. The normalized spacial score (nSPS) is 17.1. The molecular weight excluding hydrogens is 220 g/mol. The van der Waals surface area contributed by atoms with E-state index in [9.17, 15) is 0 Å². The zero-order valence-electron chi connectivity index (χ0n) is 9.28. The van der Waals surface area contributed by atoms with Crippen LogP contribution in [0.5, 0.6) is 0 Å². The summed E-state index contributed by atoms with van der Waals surface area (Å²) >= 11 is 0. The zero-order chi connectivity index (χ0) is 12.4. The van der Waals surface area contributed by atoms with Gasteiger partial charge in [0.05, 0.1) is 26.4 Å². The van der Waals surface area contributed by atoms with Crippen molar-refractivity contribution in [3.8, 4) is 0 Å². The maximum atomic E-state index is 8.94. The van der Waals surface area contributed by atoms with Crippen LogP contribution in [0.2, 0.25) is 0 Å². The third-order valence-electron chi connectivity index (χ3n) is 1.58. The molecule has 0 spiro atoms. The van der Waals surface area contributed by atoms with Crippen molar-refractivity contribution in [3.63, 3.8) is 0 Å². The van der Waals surface area contributed by atoms with Gasteiger partial charge in [-0.05, 0) is 6.92 Å². The Morgan fingerprint density at radius 3 is 2.06 bits per heavy atom. The van der Waals surface area contributed by atoms with E-state index in [1.165, 1.54) is 0 Å². The topological polar surface area (TPSA) is 109 Å². The molecule has 0 saturated carbocycles. The van der Waals surface area contributed by atoms with Crippen LogP contribution in [0, 0.1) is 0 Å². The van der Waals surface area contributed by atoms with Crippen molar-refractivity contribution in [1.29, 1.82) is 0 Å². The van der Waals surface area contributed by atoms with Gasteiger partial charge in [-0.1, -0.05) is 0 Å². The van der Waals surface area contributed by atoms with E-state index in [0.29, 0.717) is 0 Å². The lowest BCUT2D eigenvalue weighted by Crippen LogP contribution is -2.26. The van der Waals surface area contributed by atoms with Gasteiger partial charge in [0, 0.05) is 0 Å². The first-order valence-electron chi connectivity index (χ1n) is 5.04. The van der Waals surface area contributed by atoms with Gasteiger partial charge in [-0.3, -0.25) is 0 Å². The minimum absolute atomic E-state index is 0.0173. The molecule has 98 valence electrons. The molecule has 0 aliphatic rings. The second-order valence-corrected chi connectivity index (χ2v) is 3.40. The minimum Gasteiger partial charge on any atom is -0.394 e. The summed E-state index contributed by atoms with van der Waals surface area (Å²) in [7, 11) is 0. The Labute approximate surface area is 94.1 Å². The summed E-state index contributed by atoms with van der Waals surface area (Å²) in [5.41, 5.74) is 0. The van der Waals surface area contributed by atoms with Gasteiger partial charge in [-0.2, -0.15) is 0 Å². The van der Waals surface area contributed by atoms with Crippen molar-refractivity contribution in [2.45, 2.75) is 25.2 Å². The van der Waals surface area contributed by atoms with Gasteiger partial charge in [-0.15, -0.1) is 0 Å². The molecular formula is C9H20O7. The molecule has 0 aliphatic heterocycles. The summed E-state index contributed by atoms with van der Waals surface area (Å²) in [6, 6.07) is 0. The quantitative estimate of drug-likeness (QED) is 0.259. The average molecular weight is 240 g/mol. The summed E-state index contributed by atoms with van der Waals surface area (Å²) < 4.78 is 5.01. The molecule has 0 fully saturated rings. The Morgan fingerprint density at radius 1 is 0.938 bits per heavy atom. The first-order valence-corrected chi connectivity index (χ1v) is 5.04. The Balaban J connectivity index is 3.34. The summed E-state index contributed by atoms with van der Waals surface area (Å²) in [4.78, 5) is 9.42. The van der Waals surface area contributed by atoms with Gasteiger partial charge in [0.1, 0.15) is 24.9 Å². The van der Waals surface area contributed by atoms with Crippen LogP contribution >= 0.6 is 0 Å². The smallest absolute Gasteiger partial charge is 0.113 e. The zero-order valence-corrected chi connectivity index (χ0v) is 9.28. The molecule has 16 heavy (non-hydrogen) atoms. The van der Waals surface area contributed by atoms with Crippen molar-refractivity contribution in [3.05, 3.63) is 0 Å². The first kappa shape index (κ1) is 15.7. The van der Waals surface area contributed by atoms with Crippen LogP contribution in [-0.4, -0.2) is 71.8 Å². The Morgan fingerprint density at radius 2 is 1.50 bits per heavy atom. The van der Waals surface area contributed by atoms with Crippen molar-refractivity contribution in [2.24, 2.45) is 0 Å². The highest BCUT2D eigenvalue weighted by atomic mass is 17.2. The fraction of sp³-hybridized carbons (Fsp3) is 1.00. The average Bonchev–Trinajstić information content (AvgIpc) is 2.28. The fourth-order valence-corrected chi connectivity index (χ4v) is 0.737. The van der Waals surface area contributed by atoms with E-state index >= 15 is 0 Å². The van der Waals surface area contributed by atoms with Gasteiger partial charge < -0.3 is 25.2 Å². The molecule has 0 aromatic rings. The molecule has 0 amide bonds. The van der Waals surface area contributed by atoms with E-state index in [-0.39, 0.29) is 32.5 Å². The largest absolute Gasteiger partial charge is 0.394 e. The van der Waals surface area contributed by atoms with Crippen molar-refractivity contribution in [2.75, 3.05) is 33.0 Å². The van der Waals surface area contributed by atoms with Crippen molar-refractivity contribution in [1.82, 2.24) is 0 Å². The number of hydrogen-bond acceptors (Lipinski definition) is 7. The summed E-state index contributed by atoms with van der Waals surface area (Å²) in [5.74, 6) is 0. The third-order valence-corrected chi connectivity index (χ3v) is 1.58. The number of ether oxygens (including phenoxy) is 1. The van der Waals surface area contributed by atoms with Crippen LogP contribution in [0.15, 0.2) is 0 Å². The Kier molecular flexibility index (Phi) is 9.74. The summed E-state index contributed by atoms with van der Waals surface area (Å²) in [6.07, 6.45) is -2.24. The highest BCUT2D eigenvalue weighted by molar-refractivity contribution is 4.51. The van der Waals surface area contributed by atoms with Crippen LogP contribution in [0.4, 0.5) is 0 Å². The van der Waals surface area contributed by atoms with Crippen LogP contribution in [0.25, 0.3) is 0 Å². The molecule has 3 unspecified atom stereocenters. The van der Waals surface area contributed by atoms with Crippen LogP contribution in [0.3, 0.4) is 0 Å². The number of hydrogen-bond donors (Lipinski definition) is 4. The van der Waals surface area contributed by atoms with E-state index in [1.807, 2.05) is 0 Å². The van der Waals surface area contributed by atoms with E-state index in [0.717, 1.165) is 0 Å². The molecule has 0 aliphatic carbocycles. The lowest BCUT2D eigenvalue weighted by molar-refractivity contribution is -0.336. The van der Waals surface area contributed by atoms with E-state index < -0.39 is 18.8 Å². The molecule has 0 rings (SSSR count). The number of aliphatic hydroxyl groups excluding tert-OH is 4. The minimum atomic E-state index is -0.968. The van der Waals surface area contributed by atoms with Gasteiger partial charge >= 0.3 is 0 Å². The molecule has 4 N–H and O–H groups in total. The van der Waals surface area contributed by atoms with Crippen LogP contribution in [-0.2, 0) is 14.5 Å². The van der Waals surface area contributed by atoms with Gasteiger partial charge in [0.25, 0.3) is 0 Å². The number of rotatable bonds is 10.